The summed E-state index contributed by atoms with van der Waals surface area (Å²) in [4.78, 5) is 38.3. The number of carboxylic acids is 1. The Morgan fingerprint density at radius 3 is 2.15 bits per heavy atom. The molecule has 140 valence electrons. The van der Waals surface area contributed by atoms with Crippen LogP contribution in [0.4, 0.5) is 10.5 Å². The van der Waals surface area contributed by atoms with Crippen molar-refractivity contribution in [2.75, 3.05) is 32.0 Å². The zero-order chi connectivity index (χ0) is 19.7. The van der Waals surface area contributed by atoms with Gasteiger partial charge in [-0.05, 0) is 24.3 Å². The fourth-order valence-corrected chi connectivity index (χ4v) is 2.22. The minimum atomic E-state index is -0.962. The number of nitrogens with one attached hydrogen (secondary N) is 1. The topological polar surface area (TPSA) is 90.0 Å². The number of carbonyl (C=O) groups excluding carboxylic acids is 2. The number of nitrogens with zero attached hydrogens (tertiary/aromatic N) is 2. The Hall–Kier alpha value is -3.09. The number of carboxylic acid groups (broad SMARTS) is 1. The zero-order valence-electron chi connectivity index (χ0n) is 15.1. The van der Waals surface area contributed by atoms with Crippen LogP contribution in [0.15, 0.2) is 49.6 Å². The average molecular weight is 359 g/mol. The van der Waals surface area contributed by atoms with E-state index in [1.54, 1.807) is 41.3 Å². The highest BCUT2D eigenvalue weighted by Gasteiger charge is 2.18. The quantitative estimate of drug-likeness (QED) is 0.663. The van der Waals surface area contributed by atoms with Gasteiger partial charge in [0.2, 0.25) is 0 Å². The molecule has 0 aliphatic heterocycles. The fourth-order valence-electron chi connectivity index (χ4n) is 2.22. The number of rotatable bonds is 9. The maximum atomic E-state index is 12.4. The summed E-state index contributed by atoms with van der Waals surface area (Å²) in [5, 5.41) is 11.6. The monoisotopic (exact) mass is 359 g/mol. The highest BCUT2D eigenvalue weighted by Crippen LogP contribution is 2.13. The Morgan fingerprint density at radius 2 is 1.69 bits per heavy atom. The molecule has 3 amide bonds. The van der Waals surface area contributed by atoms with Crippen LogP contribution in [0, 0.1) is 5.92 Å². The van der Waals surface area contributed by atoms with Gasteiger partial charge in [-0.15, -0.1) is 13.2 Å². The van der Waals surface area contributed by atoms with Gasteiger partial charge in [-0.2, -0.15) is 0 Å². The molecule has 0 saturated heterocycles. The number of benzene rings is 1. The summed E-state index contributed by atoms with van der Waals surface area (Å²) in [5.74, 6) is -1.78. The van der Waals surface area contributed by atoms with Crippen molar-refractivity contribution in [2.45, 2.75) is 6.92 Å². The molecular formula is C19H25N3O4. The first-order valence-corrected chi connectivity index (χ1v) is 8.16. The van der Waals surface area contributed by atoms with E-state index in [1.165, 1.54) is 18.9 Å². The predicted molar refractivity (Wildman–Crippen MR) is 101 cm³/mol. The molecule has 0 bridgehead atoms. The lowest BCUT2D eigenvalue weighted by Gasteiger charge is -2.21. The second-order valence-corrected chi connectivity index (χ2v) is 5.91. The molecule has 0 aliphatic carbocycles. The molecule has 0 heterocycles. The maximum Gasteiger partial charge on any atom is 0.321 e. The van der Waals surface area contributed by atoms with E-state index in [0.717, 1.165) is 0 Å². The Labute approximate surface area is 153 Å². The first kappa shape index (κ1) is 21.0. The third kappa shape index (κ3) is 6.08. The molecule has 0 spiro atoms. The molecule has 2 N–H and O–H groups in total. The van der Waals surface area contributed by atoms with Crippen LogP contribution < -0.4 is 5.32 Å². The van der Waals surface area contributed by atoms with E-state index in [1.807, 2.05) is 0 Å². The highest BCUT2D eigenvalue weighted by molar-refractivity contribution is 5.95. The molecule has 0 fully saturated rings. The normalized spacial score (nSPS) is 11.2. The van der Waals surface area contributed by atoms with E-state index in [4.69, 9.17) is 5.11 Å². The third-order valence-corrected chi connectivity index (χ3v) is 3.69. The molecule has 0 aliphatic rings. The number of urea groups is 1. The average Bonchev–Trinajstić information content (AvgIpc) is 2.61. The summed E-state index contributed by atoms with van der Waals surface area (Å²) in [7, 11) is 1.52. The summed E-state index contributed by atoms with van der Waals surface area (Å²) in [5.41, 5.74) is 1.000. The Morgan fingerprint density at radius 1 is 1.15 bits per heavy atom. The van der Waals surface area contributed by atoms with Gasteiger partial charge < -0.3 is 20.2 Å². The molecule has 0 radical (unpaired) electrons. The first-order chi connectivity index (χ1) is 12.3. The van der Waals surface area contributed by atoms with Crippen LogP contribution >= 0.6 is 0 Å². The summed E-state index contributed by atoms with van der Waals surface area (Å²) in [6.45, 7) is 9.72. The summed E-state index contributed by atoms with van der Waals surface area (Å²) >= 11 is 0. The zero-order valence-corrected chi connectivity index (χ0v) is 15.1. The van der Waals surface area contributed by atoms with Gasteiger partial charge in [0.25, 0.3) is 5.91 Å². The molecule has 1 aromatic rings. The van der Waals surface area contributed by atoms with Gasteiger partial charge in [0.05, 0.1) is 5.92 Å². The Kier molecular flexibility index (Phi) is 8.08. The lowest BCUT2D eigenvalue weighted by Crippen LogP contribution is -2.36. The Balaban J connectivity index is 2.73. The molecule has 7 nitrogen and oxygen atoms in total. The van der Waals surface area contributed by atoms with Gasteiger partial charge in [0.1, 0.15) is 0 Å². The summed E-state index contributed by atoms with van der Waals surface area (Å²) in [6.07, 6.45) is 3.29. The standard InChI is InChI=1S/C19H25N3O4/c1-5-11-22(12-6-2)17(23)15-7-9-16(10-8-15)20-19(26)21(4)13-14(3)18(24)25/h5-10,14H,1-2,11-13H2,3-4H3,(H,20,26)(H,24,25). The largest absolute Gasteiger partial charge is 0.481 e. The molecule has 1 atom stereocenters. The van der Waals surface area contributed by atoms with Crippen LogP contribution in [0.25, 0.3) is 0 Å². The van der Waals surface area contributed by atoms with Crippen molar-refractivity contribution in [3.63, 3.8) is 0 Å². The number of aliphatic carboxylic acids is 1. The van der Waals surface area contributed by atoms with Gasteiger partial charge in [-0.1, -0.05) is 19.1 Å². The van der Waals surface area contributed by atoms with E-state index in [-0.39, 0.29) is 12.5 Å². The predicted octanol–water partition coefficient (Wildman–Crippen LogP) is 2.69. The van der Waals surface area contributed by atoms with Crippen molar-refractivity contribution in [1.29, 1.82) is 0 Å². The summed E-state index contributed by atoms with van der Waals surface area (Å²) in [6, 6.07) is 6.07. The minimum absolute atomic E-state index is 0.0931. The lowest BCUT2D eigenvalue weighted by atomic mass is 10.1. The van der Waals surface area contributed by atoms with Crippen molar-refractivity contribution >= 4 is 23.6 Å². The molecule has 0 saturated carbocycles. The van der Waals surface area contributed by atoms with E-state index < -0.39 is 17.9 Å². The van der Waals surface area contributed by atoms with E-state index >= 15 is 0 Å². The van der Waals surface area contributed by atoms with Crippen molar-refractivity contribution in [3.05, 3.63) is 55.1 Å². The maximum absolute atomic E-state index is 12.4. The van der Waals surface area contributed by atoms with Crippen molar-refractivity contribution < 1.29 is 19.5 Å². The van der Waals surface area contributed by atoms with Gasteiger partial charge in [0, 0.05) is 37.9 Å². The van der Waals surface area contributed by atoms with Gasteiger partial charge >= 0.3 is 12.0 Å². The number of hydrogen-bond acceptors (Lipinski definition) is 3. The third-order valence-electron chi connectivity index (χ3n) is 3.69. The van der Waals surface area contributed by atoms with Crippen LogP contribution in [0.5, 0.6) is 0 Å². The molecule has 1 aromatic carbocycles. The van der Waals surface area contributed by atoms with Crippen molar-refractivity contribution in [1.82, 2.24) is 9.80 Å². The second kappa shape index (κ2) is 10.0. The number of hydrogen-bond donors (Lipinski definition) is 2. The second-order valence-electron chi connectivity index (χ2n) is 5.91. The minimum Gasteiger partial charge on any atom is -0.481 e. The van der Waals surface area contributed by atoms with E-state index in [0.29, 0.717) is 24.3 Å². The molecule has 1 unspecified atom stereocenters. The van der Waals surface area contributed by atoms with Gasteiger partial charge in [-0.3, -0.25) is 9.59 Å². The molecule has 1 rings (SSSR count). The Bertz CT molecular complexity index is 660. The van der Waals surface area contributed by atoms with Crippen LogP contribution in [-0.2, 0) is 4.79 Å². The smallest absolute Gasteiger partial charge is 0.321 e. The van der Waals surface area contributed by atoms with Crippen molar-refractivity contribution in [2.24, 2.45) is 5.92 Å². The van der Waals surface area contributed by atoms with E-state index in [9.17, 15) is 14.4 Å². The fraction of sp³-hybridized carbons (Fsp3) is 0.316. The molecule has 7 heteroatoms. The molecular weight excluding hydrogens is 334 g/mol. The molecule has 0 aromatic heterocycles. The molecule has 26 heavy (non-hydrogen) atoms. The van der Waals surface area contributed by atoms with Gasteiger partial charge in [0.15, 0.2) is 0 Å². The number of anilines is 1. The SMILES string of the molecule is C=CCN(CC=C)C(=O)c1ccc(NC(=O)N(C)CC(C)C(=O)O)cc1. The van der Waals surface area contributed by atoms with Crippen LogP contribution in [0.2, 0.25) is 0 Å². The summed E-state index contributed by atoms with van der Waals surface area (Å²) < 4.78 is 0. The lowest BCUT2D eigenvalue weighted by molar-refractivity contribution is -0.141. The van der Waals surface area contributed by atoms with Crippen LogP contribution in [0.3, 0.4) is 0 Å². The van der Waals surface area contributed by atoms with Crippen LogP contribution in [0.1, 0.15) is 17.3 Å². The van der Waals surface area contributed by atoms with Crippen LogP contribution in [-0.4, -0.2) is 59.5 Å². The van der Waals surface area contributed by atoms with Crippen molar-refractivity contribution in [3.8, 4) is 0 Å². The first-order valence-electron chi connectivity index (χ1n) is 8.16. The van der Waals surface area contributed by atoms with Gasteiger partial charge in [-0.25, -0.2) is 4.79 Å². The van der Waals surface area contributed by atoms with E-state index in [2.05, 4.69) is 18.5 Å². The highest BCUT2D eigenvalue weighted by atomic mass is 16.4. The number of amides is 3. The number of carbonyl (C=O) groups is 3.